The molecular formula is C13H23NO4. The number of carbonyl (C=O) groups is 2. The summed E-state index contributed by atoms with van der Waals surface area (Å²) in [5, 5.41) is 18.8. The Morgan fingerprint density at radius 3 is 2.39 bits per heavy atom. The lowest BCUT2D eigenvalue weighted by molar-refractivity contribution is -0.155. The van der Waals surface area contributed by atoms with Gasteiger partial charge in [0.25, 0.3) is 0 Å². The Balaban J connectivity index is 2.69. The number of piperidine rings is 1. The standard InChI is InChI=1S/C13H23NO4/c1-3-13(4-2,12(17)18)8-11(16)14-7-5-6-10(15)9-14/h10,15H,3-9H2,1-2H3,(H,17,18)/t10-/m0/s1. The Kier molecular flexibility index (Phi) is 5.14. The van der Waals surface area contributed by atoms with Crippen molar-refractivity contribution in [3.8, 4) is 0 Å². The number of amides is 1. The molecule has 0 spiro atoms. The SMILES string of the molecule is CCC(CC)(CC(=O)N1CCC[C@H](O)C1)C(=O)O. The normalized spacial score (nSPS) is 20.8. The Morgan fingerprint density at radius 1 is 1.33 bits per heavy atom. The Bertz CT molecular complexity index is 312. The average molecular weight is 257 g/mol. The van der Waals surface area contributed by atoms with Gasteiger partial charge < -0.3 is 15.1 Å². The highest BCUT2D eigenvalue weighted by Crippen LogP contribution is 2.32. The van der Waals surface area contributed by atoms with Crippen LogP contribution in [-0.2, 0) is 9.59 Å². The average Bonchev–Trinajstić information content (AvgIpc) is 2.35. The number of β-amino-alcohol motifs (C(OH)–C–C–N with tert-alkyl or cyclic N) is 1. The van der Waals surface area contributed by atoms with Crippen molar-refractivity contribution >= 4 is 11.9 Å². The first-order valence-corrected chi connectivity index (χ1v) is 6.64. The third kappa shape index (κ3) is 3.22. The summed E-state index contributed by atoms with van der Waals surface area (Å²) in [7, 11) is 0. The maximum Gasteiger partial charge on any atom is 0.310 e. The predicted octanol–water partition coefficient (Wildman–Crippen LogP) is 1.25. The van der Waals surface area contributed by atoms with Crippen molar-refractivity contribution < 1.29 is 19.8 Å². The van der Waals surface area contributed by atoms with E-state index >= 15 is 0 Å². The molecule has 2 N–H and O–H groups in total. The minimum absolute atomic E-state index is 0.0298. The molecule has 0 aliphatic carbocycles. The highest BCUT2D eigenvalue weighted by molar-refractivity contribution is 5.85. The molecule has 0 saturated carbocycles. The minimum atomic E-state index is -0.959. The van der Waals surface area contributed by atoms with Crippen LogP contribution in [0.15, 0.2) is 0 Å². The van der Waals surface area contributed by atoms with E-state index in [1.54, 1.807) is 18.7 Å². The highest BCUT2D eigenvalue weighted by atomic mass is 16.4. The van der Waals surface area contributed by atoms with E-state index in [2.05, 4.69) is 0 Å². The van der Waals surface area contributed by atoms with Gasteiger partial charge in [0.2, 0.25) is 5.91 Å². The number of hydrogen-bond acceptors (Lipinski definition) is 3. The number of aliphatic hydroxyl groups excluding tert-OH is 1. The number of carbonyl (C=O) groups excluding carboxylic acids is 1. The van der Waals surface area contributed by atoms with Crippen LogP contribution in [0.3, 0.4) is 0 Å². The first-order valence-electron chi connectivity index (χ1n) is 6.64. The first-order chi connectivity index (χ1) is 8.45. The second-order valence-corrected chi connectivity index (χ2v) is 5.11. The van der Waals surface area contributed by atoms with Gasteiger partial charge in [-0.3, -0.25) is 9.59 Å². The number of nitrogens with zero attached hydrogens (tertiary/aromatic N) is 1. The van der Waals surface area contributed by atoms with Crippen LogP contribution < -0.4 is 0 Å². The molecule has 1 aliphatic rings. The molecule has 0 aromatic heterocycles. The van der Waals surface area contributed by atoms with Crippen molar-refractivity contribution in [2.45, 2.75) is 52.1 Å². The smallest absolute Gasteiger partial charge is 0.310 e. The monoisotopic (exact) mass is 257 g/mol. The van der Waals surface area contributed by atoms with Crippen LogP contribution in [0.4, 0.5) is 0 Å². The van der Waals surface area contributed by atoms with E-state index in [9.17, 15) is 19.8 Å². The summed E-state index contributed by atoms with van der Waals surface area (Å²) in [6.07, 6.45) is 1.95. The van der Waals surface area contributed by atoms with Crippen LogP contribution in [0.5, 0.6) is 0 Å². The third-order valence-corrected chi connectivity index (χ3v) is 4.05. The van der Waals surface area contributed by atoms with Crippen molar-refractivity contribution in [1.29, 1.82) is 0 Å². The molecule has 1 aliphatic heterocycles. The van der Waals surface area contributed by atoms with Crippen molar-refractivity contribution in [3.63, 3.8) is 0 Å². The molecule has 0 unspecified atom stereocenters. The minimum Gasteiger partial charge on any atom is -0.481 e. The van der Waals surface area contributed by atoms with Gasteiger partial charge in [-0.15, -0.1) is 0 Å². The fraction of sp³-hybridized carbons (Fsp3) is 0.846. The maximum absolute atomic E-state index is 12.1. The number of carboxylic acid groups (broad SMARTS) is 1. The Morgan fingerprint density at radius 2 is 1.94 bits per heavy atom. The van der Waals surface area contributed by atoms with E-state index < -0.39 is 17.5 Å². The van der Waals surface area contributed by atoms with Crippen LogP contribution >= 0.6 is 0 Å². The summed E-state index contributed by atoms with van der Waals surface area (Å²) in [5.74, 6) is -1.06. The van der Waals surface area contributed by atoms with Crippen molar-refractivity contribution in [1.82, 2.24) is 4.90 Å². The largest absolute Gasteiger partial charge is 0.481 e. The van der Waals surface area contributed by atoms with Crippen LogP contribution in [0.2, 0.25) is 0 Å². The molecule has 5 heteroatoms. The van der Waals surface area contributed by atoms with E-state index in [0.717, 1.165) is 12.8 Å². The number of likely N-dealkylation sites (tertiary alicyclic amines) is 1. The third-order valence-electron chi connectivity index (χ3n) is 4.05. The zero-order valence-corrected chi connectivity index (χ0v) is 11.2. The fourth-order valence-corrected chi connectivity index (χ4v) is 2.46. The zero-order valence-electron chi connectivity index (χ0n) is 11.2. The highest BCUT2D eigenvalue weighted by Gasteiger charge is 2.38. The van der Waals surface area contributed by atoms with Gasteiger partial charge in [0.1, 0.15) is 0 Å². The molecule has 0 bridgehead atoms. The fourth-order valence-electron chi connectivity index (χ4n) is 2.46. The van der Waals surface area contributed by atoms with E-state index in [1.807, 2.05) is 0 Å². The molecule has 104 valence electrons. The molecule has 1 saturated heterocycles. The summed E-state index contributed by atoms with van der Waals surface area (Å²) in [5.41, 5.74) is -0.959. The summed E-state index contributed by atoms with van der Waals surface area (Å²) in [6, 6.07) is 0. The van der Waals surface area contributed by atoms with Crippen molar-refractivity contribution in [2.24, 2.45) is 5.41 Å². The topological polar surface area (TPSA) is 77.8 Å². The molecule has 1 fully saturated rings. The van der Waals surface area contributed by atoms with Gasteiger partial charge in [0.05, 0.1) is 11.5 Å². The number of aliphatic carboxylic acids is 1. The quantitative estimate of drug-likeness (QED) is 0.777. The molecule has 1 amide bonds. The second kappa shape index (κ2) is 6.18. The van der Waals surface area contributed by atoms with Gasteiger partial charge in [-0.1, -0.05) is 13.8 Å². The number of aliphatic hydroxyl groups is 1. The first kappa shape index (κ1) is 15.0. The van der Waals surface area contributed by atoms with Crippen molar-refractivity contribution in [2.75, 3.05) is 13.1 Å². The summed E-state index contributed by atoms with van der Waals surface area (Å²) >= 11 is 0. The number of carboxylic acids is 1. The molecule has 0 aromatic rings. The van der Waals surface area contributed by atoms with E-state index in [4.69, 9.17) is 0 Å². The van der Waals surface area contributed by atoms with Crippen LogP contribution in [0, 0.1) is 5.41 Å². The second-order valence-electron chi connectivity index (χ2n) is 5.11. The number of rotatable bonds is 5. The van der Waals surface area contributed by atoms with E-state index in [1.165, 1.54) is 0 Å². The zero-order chi connectivity index (χ0) is 13.8. The lowest BCUT2D eigenvalue weighted by Crippen LogP contribution is -2.45. The summed E-state index contributed by atoms with van der Waals surface area (Å²) in [6.45, 7) is 4.56. The predicted molar refractivity (Wildman–Crippen MR) is 67.1 cm³/mol. The van der Waals surface area contributed by atoms with Gasteiger partial charge in [-0.25, -0.2) is 0 Å². The molecule has 5 nitrogen and oxygen atoms in total. The lowest BCUT2D eigenvalue weighted by Gasteiger charge is -2.33. The molecule has 18 heavy (non-hydrogen) atoms. The number of hydrogen-bond donors (Lipinski definition) is 2. The maximum atomic E-state index is 12.1. The Hall–Kier alpha value is -1.10. The molecule has 0 aromatic carbocycles. The van der Waals surface area contributed by atoms with E-state index in [-0.39, 0.29) is 12.3 Å². The van der Waals surface area contributed by atoms with Crippen LogP contribution in [-0.4, -0.2) is 46.2 Å². The van der Waals surface area contributed by atoms with Gasteiger partial charge >= 0.3 is 5.97 Å². The van der Waals surface area contributed by atoms with Gasteiger partial charge in [-0.05, 0) is 25.7 Å². The molecule has 0 radical (unpaired) electrons. The van der Waals surface area contributed by atoms with Gasteiger partial charge in [0.15, 0.2) is 0 Å². The van der Waals surface area contributed by atoms with Crippen molar-refractivity contribution in [3.05, 3.63) is 0 Å². The van der Waals surface area contributed by atoms with Gasteiger partial charge in [-0.2, -0.15) is 0 Å². The van der Waals surface area contributed by atoms with Crippen LogP contribution in [0.1, 0.15) is 46.0 Å². The van der Waals surface area contributed by atoms with Crippen LogP contribution in [0.25, 0.3) is 0 Å². The molecule has 1 rings (SSSR count). The lowest BCUT2D eigenvalue weighted by atomic mass is 9.79. The van der Waals surface area contributed by atoms with E-state index in [0.29, 0.717) is 25.9 Å². The summed E-state index contributed by atoms with van der Waals surface area (Å²) in [4.78, 5) is 25.1. The molecular weight excluding hydrogens is 234 g/mol. The molecule has 1 heterocycles. The molecule has 1 atom stereocenters. The summed E-state index contributed by atoms with van der Waals surface area (Å²) < 4.78 is 0. The van der Waals surface area contributed by atoms with Gasteiger partial charge in [0, 0.05) is 19.5 Å². The Labute approximate surface area is 108 Å².